The molecule has 0 spiro atoms. The van der Waals surface area contributed by atoms with Crippen LogP contribution in [-0.4, -0.2) is 63.2 Å². The van der Waals surface area contributed by atoms with Crippen LogP contribution >= 0.6 is 0 Å². The smallest absolute Gasteiger partial charge is 0.257 e. The Kier molecular flexibility index (Phi) is 4.44. The molecule has 0 saturated carbocycles. The Morgan fingerprint density at radius 2 is 1.65 bits per heavy atom. The van der Waals surface area contributed by atoms with E-state index in [1.807, 2.05) is 7.05 Å². The van der Waals surface area contributed by atoms with Crippen molar-refractivity contribution < 1.29 is 18.7 Å². The fraction of sp³-hybridized carbons (Fsp3) is 0.500. The van der Waals surface area contributed by atoms with Crippen molar-refractivity contribution in [3.05, 3.63) is 23.5 Å². The van der Waals surface area contributed by atoms with Crippen LogP contribution in [0.3, 0.4) is 0 Å². The molecule has 110 valence electrons. The van der Waals surface area contributed by atoms with Gasteiger partial charge in [0.2, 0.25) is 0 Å². The van der Waals surface area contributed by atoms with E-state index in [-0.39, 0.29) is 17.2 Å². The van der Waals surface area contributed by atoms with E-state index in [2.05, 4.69) is 4.90 Å². The molecule has 0 bridgehead atoms. The first kappa shape index (κ1) is 14.6. The molecule has 0 radical (unpaired) electrons. The van der Waals surface area contributed by atoms with Crippen LogP contribution in [0.1, 0.15) is 10.4 Å². The summed E-state index contributed by atoms with van der Waals surface area (Å²) in [5.41, 5.74) is 0.0206. The molecular formula is C14H19FN2O3. The highest BCUT2D eigenvalue weighted by molar-refractivity contribution is 5.95. The molecule has 2 rings (SSSR count). The number of hydrogen-bond donors (Lipinski definition) is 0. The first-order chi connectivity index (χ1) is 9.56. The van der Waals surface area contributed by atoms with Gasteiger partial charge in [-0.25, -0.2) is 4.39 Å². The van der Waals surface area contributed by atoms with Crippen molar-refractivity contribution in [3.8, 4) is 11.5 Å². The van der Waals surface area contributed by atoms with Gasteiger partial charge >= 0.3 is 0 Å². The second kappa shape index (κ2) is 6.09. The number of halogens is 1. The minimum absolute atomic E-state index is 0.0206. The summed E-state index contributed by atoms with van der Waals surface area (Å²) in [5, 5.41) is 0. The van der Waals surface area contributed by atoms with Gasteiger partial charge in [-0.2, -0.15) is 0 Å². The Morgan fingerprint density at radius 1 is 1.10 bits per heavy atom. The average molecular weight is 282 g/mol. The largest absolute Gasteiger partial charge is 0.493 e. The summed E-state index contributed by atoms with van der Waals surface area (Å²) in [6, 6.07) is 2.58. The lowest BCUT2D eigenvalue weighted by Crippen LogP contribution is -2.47. The van der Waals surface area contributed by atoms with Gasteiger partial charge in [0.1, 0.15) is 5.82 Å². The van der Waals surface area contributed by atoms with Gasteiger partial charge in [-0.15, -0.1) is 0 Å². The molecule has 0 N–H and O–H groups in total. The summed E-state index contributed by atoms with van der Waals surface area (Å²) in [7, 11) is 4.89. The Labute approximate surface area is 117 Å². The molecule has 5 nitrogen and oxygen atoms in total. The van der Waals surface area contributed by atoms with Crippen LogP contribution in [0.5, 0.6) is 11.5 Å². The summed E-state index contributed by atoms with van der Waals surface area (Å²) in [6.07, 6.45) is 0. The molecule has 20 heavy (non-hydrogen) atoms. The number of rotatable bonds is 3. The van der Waals surface area contributed by atoms with E-state index in [0.717, 1.165) is 13.1 Å². The Balaban J connectivity index is 2.25. The number of benzene rings is 1. The van der Waals surface area contributed by atoms with Crippen molar-refractivity contribution in [1.29, 1.82) is 0 Å². The molecule has 1 heterocycles. The van der Waals surface area contributed by atoms with E-state index >= 15 is 0 Å². The monoisotopic (exact) mass is 282 g/mol. The van der Waals surface area contributed by atoms with Crippen LogP contribution in [-0.2, 0) is 0 Å². The SMILES string of the molecule is COc1cc(F)c(C(=O)N2CCN(C)CC2)cc1OC. The molecule has 1 aliphatic heterocycles. The van der Waals surface area contributed by atoms with Crippen LogP contribution in [0.4, 0.5) is 4.39 Å². The van der Waals surface area contributed by atoms with E-state index in [1.165, 1.54) is 26.4 Å². The third kappa shape index (κ3) is 2.85. The van der Waals surface area contributed by atoms with E-state index in [0.29, 0.717) is 18.8 Å². The number of piperazine rings is 1. The number of carbonyl (C=O) groups is 1. The maximum absolute atomic E-state index is 14.0. The van der Waals surface area contributed by atoms with Crippen LogP contribution in [0.2, 0.25) is 0 Å². The number of hydrogen-bond acceptors (Lipinski definition) is 4. The summed E-state index contributed by atoms with van der Waals surface area (Å²) in [5.74, 6) is -0.269. The van der Waals surface area contributed by atoms with Crippen molar-refractivity contribution in [2.45, 2.75) is 0 Å². The Bertz CT molecular complexity index is 499. The van der Waals surface area contributed by atoms with Crippen molar-refractivity contribution in [3.63, 3.8) is 0 Å². The van der Waals surface area contributed by atoms with Gasteiger partial charge in [-0.3, -0.25) is 4.79 Å². The van der Waals surface area contributed by atoms with Crippen LogP contribution in [0.25, 0.3) is 0 Å². The van der Waals surface area contributed by atoms with Gasteiger partial charge in [0, 0.05) is 32.2 Å². The first-order valence-corrected chi connectivity index (χ1v) is 6.46. The average Bonchev–Trinajstić information content (AvgIpc) is 2.47. The Morgan fingerprint density at radius 3 is 2.20 bits per heavy atom. The summed E-state index contributed by atoms with van der Waals surface area (Å²) < 4.78 is 24.2. The number of amides is 1. The van der Waals surface area contributed by atoms with Gasteiger partial charge < -0.3 is 19.3 Å². The molecule has 0 aromatic heterocycles. The molecule has 0 unspecified atom stereocenters. The van der Waals surface area contributed by atoms with Gasteiger partial charge in [0.05, 0.1) is 19.8 Å². The number of carbonyl (C=O) groups excluding carboxylic acids is 1. The second-order valence-electron chi connectivity index (χ2n) is 4.78. The van der Waals surface area contributed by atoms with Crippen molar-refractivity contribution >= 4 is 5.91 Å². The number of nitrogens with zero attached hydrogens (tertiary/aromatic N) is 2. The van der Waals surface area contributed by atoms with E-state index in [4.69, 9.17) is 9.47 Å². The molecule has 1 amide bonds. The number of likely N-dealkylation sites (N-methyl/N-ethyl adjacent to an activating group) is 1. The lowest BCUT2D eigenvalue weighted by atomic mass is 10.1. The zero-order valence-electron chi connectivity index (χ0n) is 12.0. The third-order valence-corrected chi connectivity index (χ3v) is 3.49. The highest BCUT2D eigenvalue weighted by atomic mass is 19.1. The van der Waals surface area contributed by atoms with E-state index < -0.39 is 5.82 Å². The molecule has 1 aromatic carbocycles. The minimum atomic E-state index is -0.591. The second-order valence-corrected chi connectivity index (χ2v) is 4.78. The Hall–Kier alpha value is -1.82. The molecule has 0 aliphatic carbocycles. The summed E-state index contributed by atoms with van der Waals surface area (Å²) in [6.45, 7) is 2.79. The molecular weight excluding hydrogens is 263 g/mol. The lowest BCUT2D eigenvalue weighted by molar-refractivity contribution is 0.0659. The first-order valence-electron chi connectivity index (χ1n) is 6.46. The minimum Gasteiger partial charge on any atom is -0.493 e. The van der Waals surface area contributed by atoms with E-state index in [9.17, 15) is 9.18 Å². The maximum Gasteiger partial charge on any atom is 0.257 e. The predicted molar refractivity (Wildman–Crippen MR) is 72.9 cm³/mol. The quantitative estimate of drug-likeness (QED) is 0.836. The van der Waals surface area contributed by atoms with Crippen molar-refractivity contribution in [2.75, 3.05) is 47.4 Å². The number of methoxy groups -OCH3 is 2. The zero-order valence-corrected chi connectivity index (χ0v) is 12.0. The molecule has 0 atom stereocenters. The lowest BCUT2D eigenvalue weighted by Gasteiger charge is -2.32. The summed E-state index contributed by atoms with van der Waals surface area (Å²) >= 11 is 0. The predicted octanol–water partition coefficient (Wildman–Crippen LogP) is 1.23. The van der Waals surface area contributed by atoms with Gasteiger partial charge in [-0.1, -0.05) is 0 Å². The van der Waals surface area contributed by atoms with Crippen LogP contribution in [0, 0.1) is 5.82 Å². The van der Waals surface area contributed by atoms with Crippen molar-refractivity contribution in [2.24, 2.45) is 0 Å². The third-order valence-electron chi connectivity index (χ3n) is 3.49. The van der Waals surface area contributed by atoms with Crippen LogP contribution in [0.15, 0.2) is 12.1 Å². The standard InChI is InChI=1S/C14H19FN2O3/c1-16-4-6-17(7-5-16)14(18)10-8-12(19-2)13(20-3)9-11(10)15/h8-9H,4-7H2,1-3H3. The highest BCUT2D eigenvalue weighted by Gasteiger charge is 2.24. The van der Waals surface area contributed by atoms with Gasteiger partial charge in [0.15, 0.2) is 11.5 Å². The number of ether oxygens (including phenoxy) is 2. The fourth-order valence-electron chi connectivity index (χ4n) is 2.20. The van der Waals surface area contributed by atoms with Crippen molar-refractivity contribution in [1.82, 2.24) is 9.80 Å². The molecule has 1 aromatic rings. The topological polar surface area (TPSA) is 42.0 Å². The van der Waals surface area contributed by atoms with Crippen LogP contribution < -0.4 is 9.47 Å². The zero-order chi connectivity index (χ0) is 14.7. The molecule has 1 aliphatic rings. The van der Waals surface area contributed by atoms with Gasteiger partial charge in [-0.05, 0) is 13.1 Å². The maximum atomic E-state index is 14.0. The van der Waals surface area contributed by atoms with E-state index in [1.54, 1.807) is 4.90 Å². The molecule has 1 saturated heterocycles. The highest BCUT2D eigenvalue weighted by Crippen LogP contribution is 2.30. The summed E-state index contributed by atoms with van der Waals surface area (Å²) in [4.78, 5) is 16.2. The fourth-order valence-corrected chi connectivity index (χ4v) is 2.20. The van der Waals surface area contributed by atoms with Gasteiger partial charge in [0.25, 0.3) is 5.91 Å². The molecule has 1 fully saturated rings. The molecule has 6 heteroatoms. The normalized spacial score (nSPS) is 16.1.